The summed E-state index contributed by atoms with van der Waals surface area (Å²) in [4.78, 5) is 4.76. The van der Waals surface area contributed by atoms with Crippen LogP contribution in [0.15, 0.2) is 27.8 Å². The van der Waals surface area contributed by atoms with Gasteiger partial charge in [0.25, 0.3) is 0 Å². The van der Waals surface area contributed by atoms with Crippen LogP contribution in [0.1, 0.15) is 38.9 Å². The van der Waals surface area contributed by atoms with Gasteiger partial charge in [0.1, 0.15) is 5.76 Å². The molecule has 1 aliphatic rings. The first-order valence-corrected chi connectivity index (χ1v) is 10.0. The molecule has 0 amide bonds. The van der Waals surface area contributed by atoms with Crippen molar-refractivity contribution in [1.29, 1.82) is 0 Å². The topological polar surface area (TPSA) is 58.8 Å². The van der Waals surface area contributed by atoms with Gasteiger partial charge in [0.15, 0.2) is 5.96 Å². The van der Waals surface area contributed by atoms with E-state index in [1.54, 1.807) is 6.26 Å². The third kappa shape index (κ3) is 7.18. The van der Waals surface area contributed by atoms with E-state index >= 15 is 0 Å². The van der Waals surface area contributed by atoms with Gasteiger partial charge in [-0.05, 0) is 51.5 Å². The Morgan fingerprint density at radius 2 is 2.25 bits per heavy atom. The van der Waals surface area contributed by atoms with Crippen molar-refractivity contribution < 1.29 is 9.15 Å². The Balaban J connectivity index is 1.83. The Morgan fingerprint density at radius 3 is 2.92 bits per heavy atom. The molecule has 0 bridgehead atoms. The fraction of sp³-hybridized carbons (Fsp3) is 0.722. The summed E-state index contributed by atoms with van der Waals surface area (Å²) in [5.41, 5.74) is 0. The summed E-state index contributed by atoms with van der Waals surface area (Å²) in [6.07, 6.45) is 8.55. The normalized spacial score (nSPS) is 19.3. The van der Waals surface area contributed by atoms with Crippen molar-refractivity contribution in [2.24, 2.45) is 4.99 Å². The zero-order valence-electron chi connectivity index (χ0n) is 15.1. The van der Waals surface area contributed by atoms with Crippen molar-refractivity contribution in [1.82, 2.24) is 10.6 Å². The minimum atomic E-state index is 0.136. The molecule has 1 aromatic rings. The number of rotatable bonds is 8. The molecule has 0 aromatic carbocycles. The Hall–Kier alpha value is -1.14. The summed E-state index contributed by atoms with van der Waals surface area (Å²) in [7, 11) is 0. The van der Waals surface area contributed by atoms with Crippen LogP contribution >= 0.6 is 11.8 Å². The van der Waals surface area contributed by atoms with E-state index in [2.05, 4.69) is 30.7 Å². The first kappa shape index (κ1) is 19.2. The molecule has 5 nitrogen and oxygen atoms in total. The summed E-state index contributed by atoms with van der Waals surface area (Å²) >= 11 is 1.83. The molecule has 1 atom stereocenters. The van der Waals surface area contributed by atoms with E-state index in [9.17, 15) is 0 Å². The van der Waals surface area contributed by atoms with Gasteiger partial charge in [-0.25, -0.2) is 0 Å². The highest BCUT2D eigenvalue weighted by Gasteiger charge is 2.17. The average molecular weight is 354 g/mol. The number of thioether (sulfide) groups is 1. The lowest BCUT2D eigenvalue weighted by molar-refractivity contribution is 0.0194. The molecule has 2 N–H and O–H groups in total. The summed E-state index contributed by atoms with van der Waals surface area (Å²) in [6.45, 7) is 7.69. The van der Waals surface area contributed by atoms with E-state index in [0.717, 1.165) is 50.8 Å². The Morgan fingerprint density at radius 1 is 1.38 bits per heavy atom. The van der Waals surface area contributed by atoms with Crippen molar-refractivity contribution in [2.75, 3.05) is 32.5 Å². The zero-order chi connectivity index (χ0) is 17.3. The second-order valence-electron chi connectivity index (χ2n) is 6.75. The third-order valence-corrected chi connectivity index (χ3v) is 5.42. The number of ether oxygens (including phenoxy) is 1. The predicted octanol–water partition coefficient (Wildman–Crippen LogP) is 3.07. The van der Waals surface area contributed by atoms with Gasteiger partial charge < -0.3 is 19.8 Å². The second-order valence-corrected chi connectivity index (χ2v) is 8.27. The van der Waals surface area contributed by atoms with Gasteiger partial charge in [-0.3, -0.25) is 4.99 Å². The van der Waals surface area contributed by atoms with E-state index in [0.29, 0.717) is 6.10 Å². The maximum atomic E-state index is 5.79. The number of nitrogens with one attached hydrogen (secondary N) is 2. The van der Waals surface area contributed by atoms with Crippen LogP contribution in [0.3, 0.4) is 0 Å². The number of nitrogens with zero attached hydrogens (tertiary/aromatic N) is 1. The third-order valence-electron chi connectivity index (χ3n) is 4.19. The quantitative estimate of drug-likeness (QED) is 0.556. The lowest BCUT2D eigenvalue weighted by atomic mass is 10.1. The molecule has 1 aliphatic heterocycles. The highest BCUT2D eigenvalue weighted by Crippen LogP contribution is 2.21. The van der Waals surface area contributed by atoms with Gasteiger partial charge in [0.2, 0.25) is 0 Å². The van der Waals surface area contributed by atoms with Crippen LogP contribution in [0.2, 0.25) is 0 Å². The molecule has 1 unspecified atom stereocenters. The molecular weight excluding hydrogens is 322 g/mol. The lowest BCUT2D eigenvalue weighted by Crippen LogP contribution is -2.43. The SMILES string of the molecule is CSC(C)(C)CN=C(NCCc1ccco1)NCC1CCCCO1. The summed E-state index contributed by atoms with van der Waals surface area (Å²) in [5, 5.41) is 6.85. The van der Waals surface area contributed by atoms with Crippen LogP contribution in [0.5, 0.6) is 0 Å². The largest absolute Gasteiger partial charge is 0.469 e. The predicted molar refractivity (Wildman–Crippen MR) is 102 cm³/mol. The van der Waals surface area contributed by atoms with Crippen LogP contribution in [0.25, 0.3) is 0 Å². The zero-order valence-corrected chi connectivity index (χ0v) is 16.0. The monoisotopic (exact) mass is 353 g/mol. The molecule has 2 rings (SSSR count). The maximum Gasteiger partial charge on any atom is 0.191 e. The average Bonchev–Trinajstić information content (AvgIpc) is 3.11. The maximum absolute atomic E-state index is 5.79. The van der Waals surface area contributed by atoms with Crippen molar-refractivity contribution in [3.8, 4) is 0 Å². The molecule has 0 radical (unpaired) electrons. The molecule has 2 heterocycles. The molecule has 24 heavy (non-hydrogen) atoms. The van der Waals surface area contributed by atoms with Gasteiger partial charge >= 0.3 is 0 Å². The Bertz CT molecular complexity index is 482. The standard InChI is InChI=1S/C18H31N3O2S/c1-18(2,24-3)14-21-17(19-10-9-15-8-6-12-22-15)20-13-16-7-4-5-11-23-16/h6,8,12,16H,4-5,7,9-11,13-14H2,1-3H3,(H2,19,20,21). The molecule has 1 saturated heterocycles. The number of aliphatic imine (C=N–C) groups is 1. The van der Waals surface area contributed by atoms with E-state index in [4.69, 9.17) is 14.1 Å². The van der Waals surface area contributed by atoms with E-state index < -0.39 is 0 Å². The highest BCUT2D eigenvalue weighted by molar-refractivity contribution is 7.99. The van der Waals surface area contributed by atoms with Gasteiger partial charge in [-0.15, -0.1) is 0 Å². The van der Waals surface area contributed by atoms with E-state index in [1.165, 1.54) is 12.8 Å². The molecule has 0 spiro atoms. The minimum absolute atomic E-state index is 0.136. The van der Waals surface area contributed by atoms with Crippen molar-refractivity contribution in [2.45, 2.75) is 50.4 Å². The Labute approximate surface area is 150 Å². The number of hydrogen-bond acceptors (Lipinski definition) is 4. The van der Waals surface area contributed by atoms with Gasteiger partial charge in [-0.1, -0.05) is 0 Å². The van der Waals surface area contributed by atoms with Crippen molar-refractivity contribution in [3.05, 3.63) is 24.2 Å². The molecule has 6 heteroatoms. The van der Waals surface area contributed by atoms with Crippen LogP contribution in [0.4, 0.5) is 0 Å². The number of guanidine groups is 1. The molecule has 0 saturated carbocycles. The van der Waals surface area contributed by atoms with Crippen LogP contribution in [0, 0.1) is 0 Å². The second kappa shape index (κ2) is 9.99. The van der Waals surface area contributed by atoms with Gasteiger partial charge in [0, 0.05) is 30.9 Å². The van der Waals surface area contributed by atoms with Gasteiger partial charge in [-0.2, -0.15) is 11.8 Å². The molecule has 0 aliphatic carbocycles. The molecule has 136 valence electrons. The van der Waals surface area contributed by atoms with Crippen molar-refractivity contribution >= 4 is 17.7 Å². The summed E-state index contributed by atoms with van der Waals surface area (Å²) in [5.74, 6) is 1.85. The smallest absolute Gasteiger partial charge is 0.191 e. The van der Waals surface area contributed by atoms with Crippen LogP contribution in [-0.4, -0.2) is 49.3 Å². The minimum Gasteiger partial charge on any atom is -0.469 e. The number of hydrogen-bond donors (Lipinski definition) is 2. The first-order chi connectivity index (χ1) is 11.6. The highest BCUT2D eigenvalue weighted by atomic mass is 32.2. The fourth-order valence-electron chi connectivity index (χ4n) is 2.45. The Kier molecular flexibility index (Phi) is 7.99. The lowest BCUT2D eigenvalue weighted by Gasteiger charge is -2.24. The van der Waals surface area contributed by atoms with Crippen LogP contribution < -0.4 is 10.6 Å². The summed E-state index contributed by atoms with van der Waals surface area (Å²) in [6, 6.07) is 3.92. The number of furan rings is 1. The van der Waals surface area contributed by atoms with Gasteiger partial charge in [0.05, 0.1) is 18.9 Å². The molecule has 1 aromatic heterocycles. The van der Waals surface area contributed by atoms with E-state index in [-0.39, 0.29) is 4.75 Å². The molecular formula is C18H31N3O2S. The molecule has 1 fully saturated rings. The van der Waals surface area contributed by atoms with E-state index in [1.807, 2.05) is 23.9 Å². The van der Waals surface area contributed by atoms with Crippen molar-refractivity contribution in [3.63, 3.8) is 0 Å². The van der Waals surface area contributed by atoms with Crippen LogP contribution in [-0.2, 0) is 11.2 Å². The fourth-order valence-corrected chi connectivity index (χ4v) is 2.64. The first-order valence-electron chi connectivity index (χ1n) is 8.80. The summed E-state index contributed by atoms with van der Waals surface area (Å²) < 4.78 is 11.3.